The Morgan fingerprint density at radius 2 is 2.05 bits per heavy atom. The van der Waals surface area contributed by atoms with Crippen LogP contribution in [-0.4, -0.2) is 21.6 Å². The van der Waals surface area contributed by atoms with Crippen LogP contribution in [0.2, 0.25) is 0 Å². The molecule has 0 aliphatic carbocycles. The van der Waals surface area contributed by atoms with Crippen molar-refractivity contribution < 1.29 is 9.15 Å². The lowest BCUT2D eigenvalue weighted by Crippen LogP contribution is -2.02. The highest BCUT2D eigenvalue weighted by Crippen LogP contribution is 2.26. The van der Waals surface area contributed by atoms with Crippen LogP contribution in [0.1, 0.15) is 6.92 Å². The molecule has 102 valence electrons. The zero-order valence-electron chi connectivity index (χ0n) is 11.0. The highest BCUT2D eigenvalue weighted by molar-refractivity contribution is 5.66. The fraction of sp³-hybridized carbons (Fsp3) is 0.143. The fourth-order valence-corrected chi connectivity index (χ4v) is 1.92. The number of furan rings is 1. The number of rotatable bonds is 4. The number of hydrogen-bond donors (Lipinski definition) is 1. The molecule has 0 fully saturated rings. The predicted octanol–water partition coefficient (Wildman–Crippen LogP) is 2.51. The highest BCUT2D eigenvalue weighted by Gasteiger charge is 2.14. The smallest absolute Gasteiger partial charge is 0.172 e. The largest absolute Gasteiger partial charge is 0.494 e. The van der Waals surface area contributed by atoms with E-state index in [-0.39, 0.29) is 0 Å². The average Bonchev–Trinajstić information content (AvgIpc) is 3.09. The van der Waals surface area contributed by atoms with E-state index in [2.05, 4.69) is 10.3 Å². The van der Waals surface area contributed by atoms with Crippen LogP contribution in [0.3, 0.4) is 0 Å². The molecule has 3 rings (SSSR count). The number of nitrogens with zero attached hydrogens (tertiary/aromatic N) is 3. The SMILES string of the molecule is CCOc1ccc(-n2nnc(-c3ccco3)c2N)cc1. The molecule has 6 heteroatoms. The number of anilines is 1. The van der Waals surface area contributed by atoms with Gasteiger partial charge in [0.25, 0.3) is 0 Å². The van der Waals surface area contributed by atoms with Crippen molar-refractivity contribution in [1.29, 1.82) is 0 Å². The molecule has 2 aromatic heterocycles. The lowest BCUT2D eigenvalue weighted by molar-refractivity contribution is 0.340. The van der Waals surface area contributed by atoms with Gasteiger partial charge in [0.2, 0.25) is 0 Å². The average molecular weight is 270 g/mol. The number of nitrogens with two attached hydrogens (primary N) is 1. The quantitative estimate of drug-likeness (QED) is 0.788. The first kappa shape index (κ1) is 12.3. The molecule has 0 saturated heterocycles. The van der Waals surface area contributed by atoms with Crippen LogP contribution in [0.15, 0.2) is 47.1 Å². The van der Waals surface area contributed by atoms with Crippen molar-refractivity contribution in [2.45, 2.75) is 6.92 Å². The Morgan fingerprint density at radius 3 is 2.70 bits per heavy atom. The lowest BCUT2D eigenvalue weighted by atomic mass is 10.3. The first-order valence-corrected chi connectivity index (χ1v) is 6.28. The van der Waals surface area contributed by atoms with Crippen LogP contribution in [0, 0.1) is 0 Å². The van der Waals surface area contributed by atoms with Gasteiger partial charge in [-0.25, -0.2) is 0 Å². The Hall–Kier alpha value is -2.76. The molecular weight excluding hydrogens is 256 g/mol. The van der Waals surface area contributed by atoms with Gasteiger partial charge in [-0.2, -0.15) is 4.68 Å². The Bertz CT molecular complexity index is 687. The molecule has 0 atom stereocenters. The Kier molecular flexibility index (Phi) is 3.12. The van der Waals surface area contributed by atoms with E-state index < -0.39 is 0 Å². The van der Waals surface area contributed by atoms with Crippen LogP contribution in [0.4, 0.5) is 5.82 Å². The standard InChI is InChI=1S/C14H14N4O2/c1-2-19-11-7-5-10(6-8-11)18-14(15)13(16-17-18)12-4-3-9-20-12/h3-9H,2,15H2,1H3. The number of aromatic nitrogens is 3. The Labute approximate surface area is 115 Å². The molecule has 0 radical (unpaired) electrons. The second-order valence-corrected chi connectivity index (χ2v) is 4.14. The zero-order chi connectivity index (χ0) is 13.9. The van der Waals surface area contributed by atoms with Crippen LogP contribution in [0.5, 0.6) is 5.75 Å². The minimum Gasteiger partial charge on any atom is -0.494 e. The summed E-state index contributed by atoms with van der Waals surface area (Å²) in [7, 11) is 0. The van der Waals surface area contributed by atoms with Crippen molar-refractivity contribution in [2.75, 3.05) is 12.3 Å². The molecule has 2 N–H and O–H groups in total. The Morgan fingerprint density at radius 1 is 1.25 bits per heavy atom. The second-order valence-electron chi connectivity index (χ2n) is 4.14. The van der Waals surface area contributed by atoms with Crippen molar-refractivity contribution in [3.63, 3.8) is 0 Å². The number of nitrogen functional groups attached to an aromatic ring is 1. The monoisotopic (exact) mass is 270 g/mol. The molecule has 0 spiro atoms. The first-order chi connectivity index (χ1) is 9.79. The van der Waals surface area contributed by atoms with E-state index in [1.54, 1.807) is 23.1 Å². The third-order valence-electron chi connectivity index (χ3n) is 2.85. The molecule has 1 aromatic carbocycles. The molecule has 3 aromatic rings. The molecule has 0 aliphatic heterocycles. The van der Waals surface area contributed by atoms with Gasteiger partial charge in [0.15, 0.2) is 17.3 Å². The van der Waals surface area contributed by atoms with E-state index in [1.807, 2.05) is 31.2 Å². The Balaban J connectivity index is 1.95. The van der Waals surface area contributed by atoms with Crippen LogP contribution < -0.4 is 10.5 Å². The van der Waals surface area contributed by atoms with E-state index >= 15 is 0 Å². The molecule has 0 saturated carbocycles. The molecular formula is C14H14N4O2. The van der Waals surface area contributed by atoms with Crippen molar-refractivity contribution in [3.8, 4) is 22.9 Å². The van der Waals surface area contributed by atoms with Gasteiger partial charge in [-0.05, 0) is 43.3 Å². The second kappa shape index (κ2) is 5.08. The lowest BCUT2D eigenvalue weighted by Gasteiger charge is -2.05. The minimum atomic E-state index is 0.434. The van der Waals surface area contributed by atoms with Crippen molar-refractivity contribution in [3.05, 3.63) is 42.7 Å². The summed E-state index contributed by atoms with van der Waals surface area (Å²) in [5.74, 6) is 1.84. The summed E-state index contributed by atoms with van der Waals surface area (Å²) in [5, 5.41) is 8.11. The molecule has 0 aliphatic rings. The van der Waals surface area contributed by atoms with Crippen LogP contribution in [-0.2, 0) is 0 Å². The van der Waals surface area contributed by atoms with Gasteiger partial charge >= 0.3 is 0 Å². The maximum Gasteiger partial charge on any atom is 0.172 e. The summed E-state index contributed by atoms with van der Waals surface area (Å²) < 4.78 is 12.2. The summed E-state index contributed by atoms with van der Waals surface area (Å²) >= 11 is 0. The van der Waals surface area contributed by atoms with E-state index in [1.165, 1.54) is 0 Å². The minimum absolute atomic E-state index is 0.434. The van der Waals surface area contributed by atoms with Crippen molar-refractivity contribution in [1.82, 2.24) is 15.0 Å². The summed E-state index contributed by atoms with van der Waals surface area (Å²) in [6.07, 6.45) is 1.57. The van der Waals surface area contributed by atoms with E-state index in [0.29, 0.717) is 23.9 Å². The molecule has 0 bridgehead atoms. The van der Waals surface area contributed by atoms with E-state index in [4.69, 9.17) is 14.9 Å². The number of benzene rings is 1. The van der Waals surface area contributed by atoms with Gasteiger partial charge in [-0.15, -0.1) is 5.10 Å². The summed E-state index contributed by atoms with van der Waals surface area (Å²) in [4.78, 5) is 0. The molecule has 0 unspecified atom stereocenters. The van der Waals surface area contributed by atoms with Gasteiger partial charge in [0, 0.05) is 0 Å². The van der Waals surface area contributed by atoms with E-state index in [9.17, 15) is 0 Å². The van der Waals surface area contributed by atoms with Crippen LogP contribution in [0.25, 0.3) is 17.1 Å². The maximum absolute atomic E-state index is 6.07. The van der Waals surface area contributed by atoms with Gasteiger partial charge in [0.1, 0.15) is 5.75 Å². The molecule has 6 nitrogen and oxygen atoms in total. The molecule has 20 heavy (non-hydrogen) atoms. The zero-order valence-corrected chi connectivity index (χ0v) is 11.0. The summed E-state index contributed by atoms with van der Waals surface area (Å²) in [5.41, 5.74) is 7.42. The maximum atomic E-state index is 6.07. The summed E-state index contributed by atoms with van der Waals surface area (Å²) in [6.45, 7) is 2.58. The van der Waals surface area contributed by atoms with Gasteiger partial charge < -0.3 is 14.9 Å². The van der Waals surface area contributed by atoms with Gasteiger partial charge in [-0.3, -0.25) is 0 Å². The third kappa shape index (κ3) is 2.11. The van der Waals surface area contributed by atoms with Crippen LogP contribution >= 0.6 is 0 Å². The third-order valence-corrected chi connectivity index (χ3v) is 2.85. The normalized spacial score (nSPS) is 10.7. The molecule has 0 amide bonds. The topological polar surface area (TPSA) is 79.1 Å². The highest BCUT2D eigenvalue weighted by atomic mass is 16.5. The number of ether oxygens (including phenoxy) is 1. The van der Waals surface area contributed by atoms with Crippen molar-refractivity contribution in [2.24, 2.45) is 0 Å². The predicted molar refractivity (Wildman–Crippen MR) is 74.6 cm³/mol. The van der Waals surface area contributed by atoms with Gasteiger partial charge in [0.05, 0.1) is 18.6 Å². The fourth-order valence-electron chi connectivity index (χ4n) is 1.92. The van der Waals surface area contributed by atoms with E-state index in [0.717, 1.165) is 11.4 Å². The number of hydrogen-bond acceptors (Lipinski definition) is 5. The first-order valence-electron chi connectivity index (χ1n) is 6.28. The molecule has 2 heterocycles. The summed E-state index contributed by atoms with van der Waals surface area (Å²) in [6, 6.07) is 11.1. The van der Waals surface area contributed by atoms with Gasteiger partial charge in [-0.1, -0.05) is 5.21 Å². The van der Waals surface area contributed by atoms with Crippen molar-refractivity contribution >= 4 is 5.82 Å².